The fourth-order valence-corrected chi connectivity index (χ4v) is 4.00. The SMILES string of the molecule is CC(C)(C)C(NC(=O)c1nn(Cc2ccc(C#N)cc2)c2ccccc12)C(=O)NCCc1noc(C(N)=O)n1. The lowest BCUT2D eigenvalue weighted by molar-refractivity contribution is -0.125. The molecule has 0 saturated carbocycles. The summed E-state index contributed by atoms with van der Waals surface area (Å²) >= 11 is 0. The quantitative estimate of drug-likeness (QED) is 0.294. The van der Waals surface area contributed by atoms with Crippen molar-refractivity contribution in [2.24, 2.45) is 11.1 Å². The molecule has 0 saturated heterocycles. The Labute approximate surface area is 224 Å². The molecule has 12 nitrogen and oxygen atoms in total. The summed E-state index contributed by atoms with van der Waals surface area (Å²) in [5.74, 6) is -1.79. The first-order chi connectivity index (χ1) is 18.6. The highest BCUT2D eigenvalue weighted by Gasteiger charge is 2.34. The summed E-state index contributed by atoms with van der Waals surface area (Å²) in [7, 11) is 0. The first-order valence-corrected chi connectivity index (χ1v) is 12.2. The highest BCUT2D eigenvalue weighted by Crippen LogP contribution is 2.23. The van der Waals surface area contributed by atoms with Gasteiger partial charge in [0.05, 0.1) is 23.7 Å². The second-order valence-corrected chi connectivity index (χ2v) is 10.0. The summed E-state index contributed by atoms with van der Waals surface area (Å²) in [6, 6.07) is 15.7. The minimum absolute atomic E-state index is 0.154. The smallest absolute Gasteiger partial charge is 0.315 e. The summed E-state index contributed by atoms with van der Waals surface area (Å²) in [6.45, 7) is 6.09. The molecule has 2 aromatic carbocycles. The third-order valence-corrected chi connectivity index (χ3v) is 6.02. The average Bonchev–Trinajstić information content (AvgIpc) is 3.52. The van der Waals surface area contributed by atoms with Gasteiger partial charge in [-0.05, 0) is 29.2 Å². The van der Waals surface area contributed by atoms with E-state index in [-0.39, 0.29) is 30.4 Å². The molecule has 39 heavy (non-hydrogen) atoms. The molecule has 4 aromatic rings. The molecular formula is C27H28N8O4. The Morgan fingerprint density at radius 2 is 1.85 bits per heavy atom. The van der Waals surface area contributed by atoms with Gasteiger partial charge < -0.3 is 20.9 Å². The van der Waals surface area contributed by atoms with Crippen LogP contribution in [0.4, 0.5) is 0 Å². The molecule has 4 rings (SSSR count). The van der Waals surface area contributed by atoms with Crippen molar-refractivity contribution in [3.8, 4) is 6.07 Å². The predicted molar refractivity (Wildman–Crippen MR) is 140 cm³/mol. The number of carbonyl (C=O) groups is 3. The number of nitrogens with two attached hydrogens (primary N) is 1. The summed E-state index contributed by atoms with van der Waals surface area (Å²) < 4.78 is 6.47. The van der Waals surface area contributed by atoms with Crippen molar-refractivity contribution in [1.29, 1.82) is 5.26 Å². The molecule has 0 aliphatic carbocycles. The molecule has 2 heterocycles. The standard InChI is InChI=1S/C27H28N8O4/c1-27(2,3)22(25(38)30-13-12-20-31-26(23(29)36)39-34-20)32-24(37)21-18-6-4-5-7-19(18)35(33-21)15-17-10-8-16(14-28)9-11-17/h4-11,22H,12-13,15H2,1-3H3,(H2,29,36)(H,30,38)(H,32,37). The third-order valence-electron chi connectivity index (χ3n) is 6.02. The minimum atomic E-state index is -0.876. The number of primary amides is 1. The van der Waals surface area contributed by atoms with E-state index >= 15 is 0 Å². The number of fused-ring (bicyclic) bond motifs is 1. The maximum atomic E-state index is 13.5. The van der Waals surface area contributed by atoms with Crippen LogP contribution in [-0.2, 0) is 17.8 Å². The molecule has 0 bridgehead atoms. The number of aromatic nitrogens is 4. The first kappa shape index (κ1) is 27.0. The van der Waals surface area contributed by atoms with Crippen molar-refractivity contribution in [3.05, 3.63) is 77.1 Å². The minimum Gasteiger partial charge on any atom is -0.361 e. The van der Waals surface area contributed by atoms with Gasteiger partial charge in [-0.3, -0.25) is 19.1 Å². The lowest BCUT2D eigenvalue weighted by Crippen LogP contribution is -2.54. The van der Waals surface area contributed by atoms with Gasteiger partial charge >= 0.3 is 11.8 Å². The molecule has 0 spiro atoms. The summed E-state index contributed by atoms with van der Waals surface area (Å²) in [4.78, 5) is 41.5. The van der Waals surface area contributed by atoms with E-state index in [0.29, 0.717) is 17.5 Å². The highest BCUT2D eigenvalue weighted by molar-refractivity contribution is 6.06. The van der Waals surface area contributed by atoms with E-state index in [1.54, 1.807) is 16.8 Å². The molecule has 0 aliphatic rings. The van der Waals surface area contributed by atoms with E-state index in [1.807, 2.05) is 57.2 Å². The third kappa shape index (κ3) is 6.27. The normalized spacial score (nSPS) is 12.1. The summed E-state index contributed by atoms with van der Waals surface area (Å²) in [5, 5.41) is 23.6. The van der Waals surface area contributed by atoms with Crippen LogP contribution in [0, 0.1) is 16.7 Å². The van der Waals surface area contributed by atoms with Crippen LogP contribution in [0.2, 0.25) is 0 Å². The van der Waals surface area contributed by atoms with Crippen LogP contribution >= 0.6 is 0 Å². The van der Waals surface area contributed by atoms with Gasteiger partial charge in [0.1, 0.15) is 6.04 Å². The van der Waals surface area contributed by atoms with Crippen LogP contribution < -0.4 is 16.4 Å². The number of benzene rings is 2. The Hall–Kier alpha value is -5.05. The fourth-order valence-electron chi connectivity index (χ4n) is 4.00. The predicted octanol–water partition coefficient (Wildman–Crippen LogP) is 1.94. The Bertz CT molecular complexity index is 1560. The Kier molecular flexibility index (Phi) is 7.71. The number of carbonyl (C=O) groups excluding carboxylic acids is 3. The van der Waals surface area contributed by atoms with E-state index in [0.717, 1.165) is 11.1 Å². The molecule has 3 amide bonds. The number of nitrogens with zero attached hydrogens (tertiary/aromatic N) is 5. The number of para-hydroxylation sites is 1. The fraction of sp³-hybridized carbons (Fsp3) is 0.296. The molecule has 4 N–H and O–H groups in total. The van der Waals surface area contributed by atoms with Crippen molar-refractivity contribution < 1.29 is 18.9 Å². The second kappa shape index (κ2) is 11.1. The van der Waals surface area contributed by atoms with Crippen LogP contribution in [0.15, 0.2) is 53.1 Å². The summed E-state index contributed by atoms with van der Waals surface area (Å²) in [6.07, 6.45) is 0.206. The van der Waals surface area contributed by atoms with Gasteiger partial charge in [-0.15, -0.1) is 0 Å². The molecule has 0 radical (unpaired) electrons. The van der Waals surface area contributed by atoms with Gasteiger partial charge in [0.15, 0.2) is 11.5 Å². The zero-order valence-corrected chi connectivity index (χ0v) is 21.8. The van der Waals surface area contributed by atoms with E-state index in [4.69, 9.17) is 15.5 Å². The molecule has 0 fully saturated rings. The van der Waals surface area contributed by atoms with E-state index in [2.05, 4.69) is 31.9 Å². The average molecular weight is 529 g/mol. The van der Waals surface area contributed by atoms with Gasteiger partial charge in [-0.1, -0.05) is 56.3 Å². The number of rotatable bonds is 9. The first-order valence-electron chi connectivity index (χ1n) is 12.2. The van der Waals surface area contributed by atoms with Gasteiger partial charge in [0.2, 0.25) is 5.91 Å². The number of amides is 3. The maximum absolute atomic E-state index is 13.5. The van der Waals surface area contributed by atoms with Crippen LogP contribution in [0.25, 0.3) is 10.9 Å². The van der Waals surface area contributed by atoms with Gasteiger partial charge in [0, 0.05) is 18.4 Å². The van der Waals surface area contributed by atoms with Crippen LogP contribution in [-0.4, -0.2) is 50.2 Å². The zero-order valence-electron chi connectivity index (χ0n) is 21.8. The highest BCUT2D eigenvalue weighted by atomic mass is 16.5. The Morgan fingerprint density at radius 1 is 1.13 bits per heavy atom. The second-order valence-electron chi connectivity index (χ2n) is 10.0. The number of nitriles is 1. The van der Waals surface area contributed by atoms with Crippen LogP contribution in [0.3, 0.4) is 0 Å². The van der Waals surface area contributed by atoms with Crippen LogP contribution in [0.1, 0.15) is 58.9 Å². The molecule has 200 valence electrons. The Balaban J connectivity index is 1.49. The van der Waals surface area contributed by atoms with Crippen molar-refractivity contribution in [2.75, 3.05) is 6.54 Å². The monoisotopic (exact) mass is 528 g/mol. The molecule has 12 heteroatoms. The topological polar surface area (TPSA) is 182 Å². The number of hydrogen-bond donors (Lipinski definition) is 3. The largest absolute Gasteiger partial charge is 0.361 e. The maximum Gasteiger partial charge on any atom is 0.315 e. The van der Waals surface area contributed by atoms with Crippen molar-refractivity contribution >= 4 is 28.6 Å². The van der Waals surface area contributed by atoms with Gasteiger partial charge in [-0.2, -0.15) is 15.3 Å². The molecular weight excluding hydrogens is 500 g/mol. The zero-order chi connectivity index (χ0) is 28.2. The molecule has 2 aromatic heterocycles. The van der Waals surface area contributed by atoms with E-state index in [1.165, 1.54) is 0 Å². The summed E-state index contributed by atoms with van der Waals surface area (Å²) in [5.41, 5.74) is 6.93. The van der Waals surface area contributed by atoms with Gasteiger partial charge in [-0.25, -0.2) is 0 Å². The van der Waals surface area contributed by atoms with Gasteiger partial charge in [0.25, 0.3) is 5.91 Å². The van der Waals surface area contributed by atoms with Crippen LogP contribution in [0.5, 0.6) is 0 Å². The Morgan fingerprint density at radius 3 is 2.49 bits per heavy atom. The van der Waals surface area contributed by atoms with Crippen molar-refractivity contribution in [3.63, 3.8) is 0 Å². The lowest BCUT2D eigenvalue weighted by Gasteiger charge is -2.30. The van der Waals surface area contributed by atoms with E-state index in [9.17, 15) is 14.4 Å². The van der Waals surface area contributed by atoms with E-state index < -0.39 is 29.2 Å². The lowest BCUT2D eigenvalue weighted by atomic mass is 9.86. The molecule has 1 unspecified atom stereocenters. The number of nitrogens with one attached hydrogen (secondary N) is 2. The van der Waals surface area contributed by atoms with Crippen molar-refractivity contribution in [2.45, 2.75) is 39.8 Å². The molecule has 1 atom stereocenters. The molecule has 0 aliphatic heterocycles. The van der Waals surface area contributed by atoms with Crippen molar-refractivity contribution in [1.82, 2.24) is 30.6 Å². The number of hydrogen-bond acceptors (Lipinski definition) is 8.